The molecule has 0 saturated heterocycles. The predicted octanol–water partition coefficient (Wildman–Crippen LogP) is 5.08. The molecule has 1 aromatic carbocycles. The minimum atomic E-state index is -0.221. The highest BCUT2D eigenvalue weighted by Crippen LogP contribution is 2.26. The molecule has 1 aliphatic carbocycles. The van der Waals surface area contributed by atoms with Gasteiger partial charge in [-0.1, -0.05) is 18.9 Å². The number of hydrogen-bond donors (Lipinski definition) is 2. The maximum absolute atomic E-state index is 13.5. The molecule has 0 amide bonds. The van der Waals surface area contributed by atoms with Crippen LogP contribution in [0.1, 0.15) is 31.2 Å². The van der Waals surface area contributed by atoms with Crippen LogP contribution in [0.5, 0.6) is 0 Å². The third-order valence-electron chi connectivity index (χ3n) is 4.77. The van der Waals surface area contributed by atoms with E-state index in [0.29, 0.717) is 23.4 Å². The highest BCUT2D eigenvalue weighted by atomic mass is 19.1. The first-order chi connectivity index (χ1) is 13.2. The van der Waals surface area contributed by atoms with E-state index in [9.17, 15) is 4.39 Å². The number of pyridine rings is 1. The number of nitrogens with one attached hydrogen (secondary N) is 2. The van der Waals surface area contributed by atoms with Gasteiger partial charge in [0.05, 0.1) is 11.4 Å². The lowest BCUT2D eigenvalue weighted by Gasteiger charge is -2.15. The van der Waals surface area contributed by atoms with Crippen LogP contribution in [-0.2, 0) is 0 Å². The SMILES string of the molecule is Cc1cc(Nc2cc(-c3ccccn3)nc(NC3CCCC3)n2)ccc1F. The summed E-state index contributed by atoms with van der Waals surface area (Å²) in [6, 6.07) is 12.9. The maximum atomic E-state index is 13.5. The fraction of sp³-hybridized carbons (Fsp3) is 0.286. The van der Waals surface area contributed by atoms with E-state index < -0.39 is 0 Å². The van der Waals surface area contributed by atoms with Gasteiger partial charge in [0.1, 0.15) is 11.6 Å². The number of aromatic nitrogens is 3. The molecule has 3 aromatic rings. The van der Waals surface area contributed by atoms with Gasteiger partial charge in [0.15, 0.2) is 0 Å². The van der Waals surface area contributed by atoms with Crippen LogP contribution in [0.25, 0.3) is 11.4 Å². The van der Waals surface area contributed by atoms with Gasteiger partial charge in [-0.15, -0.1) is 0 Å². The van der Waals surface area contributed by atoms with Gasteiger partial charge in [0.2, 0.25) is 5.95 Å². The summed E-state index contributed by atoms with van der Waals surface area (Å²) in [5.41, 5.74) is 2.90. The van der Waals surface area contributed by atoms with Gasteiger partial charge in [-0.3, -0.25) is 4.98 Å². The number of rotatable bonds is 5. The molecule has 0 aliphatic heterocycles. The van der Waals surface area contributed by atoms with E-state index in [1.54, 1.807) is 25.3 Å². The molecule has 0 atom stereocenters. The Bertz CT molecular complexity index is 923. The van der Waals surface area contributed by atoms with E-state index in [0.717, 1.165) is 29.9 Å². The zero-order valence-electron chi connectivity index (χ0n) is 15.2. The van der Waals surface area contributed by atoms with Gasteiger partial charge in [0, 0.05) is 24.0 Å². The molecule has 1 aliphatic rings. The Hall–Kier alpha value is -3.02. The number of aryl methyl sites for hydroxylation is 1. The van der Waals surface area contributed by atoms with Crippen molar-refractivity contribution >= 4 is 17.5 Å². The van der Waals surface area contributed by atoms with Gasteiger partial charge in [-0.05, 0) is 55.7 Å². The van der Waals surface area contributed by atoms with Crippen molar-refractivity contribution in [1.82, 2.24) is 15.0 Å². The first-order valence-electron chi connectivity index (χ1n) is 9.27. The number of hydrogen-bond acceptors (Lipinski definition) is 5. The Morgan fingerprint density at radius 1 is 1.00 bits per heavy atom. The molecule has 2 heterocycles. The van der Waals surface area contributed by atoms with Gasteiger partial charge < -0.3 is 10.6 Å². The fourth-order valence-corrected chi connectivity index (χ4v) is 3.34. The number of benzene rings is 1. The summed E-state index contributed by atoms with van der Waals surface area (Å²) >= 11 is 0. The molecule has 27 heavy (non-hydrogen) atoms. The molecule has 0 bridgehead atoms. The summed E-state index contributed by atoms with van der Waals surface area (Å²) in [7, 11) is 0. The van der Waals surface area contributed by atoms with Crippen molar-refractivity contribution < 1.29 is 4.39 Å². The third-order valence-corrected chi connectivity index (χ3v) is 4.77. The number of nitrogens with zero attached hydrogens (tertiary/aromatic N) is 3. The fourth-order valence-electron chi connectivity index (χ4n) is 3.34. The third kappa shape index (κ3) is 4.22. The second kappa shape index (κ2) is 7.70. The van der Waals surface area contributed by atoms with E-state index in [1.807, 2.05) is 24.3 Å². The molecule has 1 fully saturated rings. The summed E-state index contributed by atoms with van der Waals surface area (Å²) in [5, 5.41) is 6.71. The van der Waals surface area contributed by atoms with Crippen LogP contribution >= 0.6 is 0 Å². The molecular formula is C21H22FN5. The summed E-state index contributed by atoms with van der Waals surface area (Å²) < 4.78 is 13.5. The molecular weight excluding hydrogens is 341 g/mol. The minimum Gasteiger partial charge on any atom is -0.351 e. The van der Waals surface area contributed by atoms with Crippen LogP contribution in [0.3, 0.4) is 0 Å². The summed E-state index contributed by atoms with van der Waals surface area (Å²) in [6.45, 7) is 1.74. The molecule has 0 radical (unpaired) electrons. The summed E-state index contributed by atoms with van der Waals surface area (Å²) in [4.78, 5) is 13.7. The van der Waals surface area contributed by atoms with Gasteiger partial charge >= 0.3 is 0 Å². The highest BCUT2D eigenvalue weighted by Gasteiger charge is 2.17. The molecule has 1 saturated carbocycles. The van der Waals surface area contributed by atoms with Crippen LogP contribution < -0.4 is 10.6 Å². The van der Waals surface area contributed by atoms with Crippen LogP contribution in [0, 0.1) is 12.7 Å². The first-order valence-corrected chi connectivity index (χ1v) is 9.27. The van der Waals surface area contributed by atoms with Crippen LogP contribution in [-0.4, -0.2) is 21.0 Å². The van der Waals surface area contributed by atoms with Crippen molar-refractivity contribution in [1.29, 1.82) is 0 Å². The van der Waals surface area contributed by atoms with E-state index in [4.69, 9.17) is 0 Å². The number of halogens is 1. The maximum Gasteiger partial charge on any atom is 0.225 e. The molecule has 2 aromatic heterocycles. The largest absolute Gasteiger partial charge is 0.351 e. The van der Waals surface area contributed by atoms with Gasteiger partial charge in [0.25, 0.3) is 0 Å². The molecule has 4 rings (SSSR count). The lowest BCUT2D eigenvalue weighted by atomic mass is 10.2. The molecule has 138 valence electrons. The molecule has 5 nitrogen and oxygen atoms in total. The second-order valence-electron chi connectivity index (χ2n) is 6.89. The lowest BCUT2D eigenvalue weighted by molar-refractivity contribution is 0.619. The molecule has 0 spiro atoms. The van der Waals surface area contributed by atoms with E-state index in [2.05, 4.69) is 25.6 Å². The zero-order valence-corrected chi connectivity index (χ0v) is 15.2. The first kappa shape index (κ1) is 17.4. The van der Waals surface area contributed by atoms with Crippen molar-refractivity contribution in [2.75, 3.05) is 10.6 Å². The van der Waals surface area contributed by atoms with E-state index >= 15 is 0 Å². The Labute approximate surface area is 158 Å². The monoisotopic (exact) mass is 363 g/mol. The Morgan fingerprint density at radius 3 is 2.59 bits per heavy atom. The van der Waals surface area contributed by atoms with E-state index in [1.165, 1.54) is 18.9 Å². The van der Waals surface area contributed by atoms with Gasteiger partial charge in [-0.2, -0.15) is 4.98 Å². The topological polar surface area (TPSA) is 62.7 Å². The molecule has 0 unspecified atom stereocenters. The summed E-state index contributed by atoms with van der Waals surface area (Å²) in [6.07, 6.45) is 6.49. The van der Waals surface area contributed by atoms with E-state index in [-0.39, 0.29) is 5.82 Å². The Morgan fingerprint density at radius 2 is 1.85 bits per heavy atom. The van der Waals surface area contributed by atoms with Crippen molar-refractivity contribution in [3.63, 3.8) is 0 Å². The second-order valence-corrected chi connectivity index (χ2v) is 6.89. The molecule has 6 heteroatoms. The summed E-state index contributed by atoms with van der Waals surface area (Å²) in [5.74, 6) is 1.02. The van der Waals surface area contributed by atoms with Crippen molar-refractivity contribution in [2.45, 2.75) is 38.6 Å². The zero-order chi connectivity index (χ0) is 18.6. The quantitative estimate of drug-likeness (QED) is 0.661. The Kier molecular flexibility index (Phi) is 4.96. The van der Waals surface area contributed by atoms with Crippen LogP contribution in [0.15, 0.2) is 48.7 Å². The van der Waals surface area contributed by atoms with Gasteiger partial charge in [-0.25, -0.2) is 9.37 Å². The highest BCUT2D eigenvalue weighted by molar-refractivity contribution is 5.65. The van der Waals surface area contributed by atoms with Crippen LogP contribution in [0.4, 0.5) is 21.8 Å². The lowest BCUT2D eigenvalue weighted by Crippen LogP contribution is -2.17. The Balaban J connectivity index is 1.67. The van der Waals surface area contributed by atoms with Crippen LogP contribution in [0.2, 0.25) is 0 Å². The van der Waals surface area contributed by atoms with Crippen molar-refractivity contribution in [2.24, 2.45) is 0 Å². The number of anilines is 3. The minimum absolute atomic E-state index is 0.221. The molecule has 2 N–H and O–H groups in total. The average molecular weight is 363 g/mol. The van der Waals surface area contributed by atoms with Crippen molar-refractivity contribution in [3.05, 3.63) is 60.0 Å². The normalized spacial score (nSPS) is 14.3. The van der Waals surface area contributed by atoms with Crippen molar-refractivity contribution in [3.8, 4) is 11.4 Å². The average Bonchev–Trinajstić information content (AvgIpc) is 3.18. The smallest absolute Gasteiger partial charge is 0.225 e. The predicted molar refractivity (Wildman–Crippen MR) is 106 cm³/mol. The standard InChI is InChI=1S/C21H22FN5/c1-14-12-16(9-10-17(14)22)24-20-13-19(18-8-4-5-11-23-18)26-21(27-20)25-15-6-2-3-7-15/h4-5,8-13,15H,2-3,6-7H2,1H3,(H2,24,25,26,27).